The molecule has 0 saturated heterocycles. The molecule has 4 aliphatic rings. The van der Waals surface area contributed by atoms with Crippen molar-refractivity contribution in [2.75, 3.05) is 11.5 Å². The van der Waals surface area contributed by atoms with Crippen LogP contribution in [0.4, 0.5) is 11.4 Å². The number of nitrogen functional groups attached to an aromatic ring is 2. The zero-order chi connectivity index (χ0) is 29.3. The Bertz CT molecular complexity index is 1200. The Morgan fingerprint density at radius 1 is 0.950 bits per heavy atom. The molecule has 8 unspecified atom stereocenters. The molecular formula is C36H54N2O2. The number of carbonyl (C=O) groups excluding carboxylic acids is 1. The number of allylic oxidation sites excluding steroid dienone is 3. The highest BCUT2D eigenvalue weighted by Gasteiger charge is 2.66. The van der Waals surface area contributed by atoms with E-state index in [2.05, 4.69) is 67.5 Å². The van der Waals surface area contributed by atoms with Gasteiger partial charge in [-0.1, -0.05) is 64.8 Å². The predicted molar refractivity (Wildman–Crippen MR) is 167 cm³/mol. The summed E-state index contributed by atoms with van der Waals surface area (Å²) in [5, 5.41) is 0. The van der Waals surface area contributed by atoms with Crippen LogP contribution < -0.4 is 11.5 Å². The van der Waals surface area contributed by atoms with Crippen molar-refractivity contribution in [1.82, 2.24) is 0 Å². The van der Waals surface area contributed by atoms with E-state index in [1.54, 1.807) is 18.2 Å². The Kier molecular flexibility index (Phi) is 7.28. The summed E-state index contributed by atoms with van der Waals surface area (Å²) >= 11 is 0. The number of ether oxygens (including phenoxy) is 1. The number of nitrogens with two attached hydrogens (primary N) is 2. The molecule has 40 heavy (non-hydrogen) atoms. The zero-order valence-corrected chi connectivity index (χ0v) is 26.4. The first kappa shape index (κ1) is 29.3. The molecule has 0 spiro atoms. The van der Waals surface area contributed by atoms with Crippen LogP contribution in [0.3, 0.4) is 0 Å². The average Bonchev–Trinajstić information content (AvgIpc) is 3.15. The maximum Gasteiger partial charge on any atom is 0.338 e. The summed E-state index contributed by atoms with van der Waals surface area (Å²) in [6.07, 6.45) is 14.6. The van der Waals surface area contributed by atoms with Crippen LogP contribution >= 0.6 is 0 Å². The Labute approximate surface area is 243 Å². The van der Waals surface area contributed by atoms with Gasteiger partial charge in [0.15, 0.2) is 0 Å². The average molecular weight is 547 g/mol. The minimum absolute atomic E-state index is 0.158. The number of benzene rings is 1. The van der Waals surface area contributed by atoms with Gasteiger partial charge in [0.2, 0.25) is 0 Å². The quantitative estimate of drug-likeness (QED) is 0.219. The highest BCUT2D eigenvalue weighted by atomic mass is 16.5. The first-order chi connectivity index (χ1) is 18.6. The van der Waals surface area contributed by atoms with Gasteiger partial charge in [0.1, 0.15) is 6.10 Å². The summed E-state index contributed by atoms with van der Waals surface area (Å²) in [5.74, 6) is 2.64. The second-order valence-corrected chi connectivity index (χ2v) is 15.5. The summed E-state index contributed by atoms with van der Waals surface area (Å²) in [7, 11) is 0. The van der Waals surface area contributed by atoms with E-state index in [1.165, 1.54) is 43.3 Å². The van der Waals surface area contributed by atoms with E-state index in [9.17, 15) is 4.79 Å². The minimum atomic E-state index is -0.324. The summed E-state index contributed by atoms with van der Waals surface area (Å²) in [6, 6.07) is 5.00. The first-order valence-corrected chi connectivity index (χ1v) is 15.8. The number of hydrogen-bond donors (Lipinski definition) is 2. The molecule has 0 amide bonds. The molecule has 3 saturated carbocycles. The fraction of sp³-hybridized carbons (Fsp3) is 0.694. The molecule has 5 rings (SSSR count). The van der Waals surface area contributed by atoms with Gasteiger partial charge in [-0.3, -0.25) is 0 Å². The van der Waals surface area contributed by atoms with E-state index < -0.39 is 0 Å². The highest BCUT2D eigenvalue weighted by molar-refractivity contribution is 5.92. The van der Waals surface area contributed by atoms with Gasteiger partial charge in [-0.15, -0.1) is 0 Å². The van der Waals surface area contributed by atoms with Gasteiger partial charge in [-0.2, -0.15) is 0 Å². The Balaban J connectivity index is 1.39. The van der Waals surface area contributed by atoms with Crippen molar-refractivity contribution in [2.45, 2.75) is 113 Å². The zero-order valence-electron chi connectivity index (χ0n) is 26.4. The normalized spacial score (nSPS) is 38.8. The van der Waals surface area contributed by atoms with Crippen LogP contribution in [0.15, 0.2) is 41.5 Å². The van der Waals surface area contributed by atoms with Gasteiger partial charge in [-0.05, 0) is 123 Å². The molecule has 4 N–H and O–H groups in total. The second-order valence-electron chi connectivity index (χ2n) is 15.5. The molecule has 3 fully saturated rings. The SMILES string of the molecule is CC(C)=CCC(C)C1CCC2(C)C3CC=C4C(C)(C)C(OC(=O)c5cc(N)cc(N)c5)CCC4(C)C3CCC12C. The van der Waals surface area contributed by atoms with E-state index in [0.717, 1.165) is 37.0 Å². The maximum atomic E-state index is 13.2. The molecule has 0 heterocycles. The third-order valence-corrected chi connectivity index (χ3v) is 12.9. The molecule has 4 heteroatoms. The summed E-state index contributed by atoms with van der Waals surface area (Å²) < 4.78 is 6.22. The number of rotatable bonds is 5. The van der Waals surface area contributed by atoms with Crippen LogP contribution in [0, 0.1) is 45.3 Å². The largest absolute Gasteiger partial charge is 0.458 e. The van der Waals surface area contributed by atoms with Crippen molar-refractivity contribution in [3.8, 4) is 0 Å². The van der Waals surface area contributed by atoms with Gasteiger partial charge < -0.3 is 16.2 Å². The summed E-state index contributed by atoms with van der Waals surface area (Å²) in [4.78, 5) is 13.2. The van der Waals surface area contributed by atoms with Gasteiger partial charge in [0.05, 0.1) is 5.56 Å². The van der Waals surface area contributed by atoms with Crippen molar-refractivity contribution in [1.29, 1.82) is 0 Å². The monoisotopic (exact) mass is 546 g/mol. The summed E-state index contributed by atoms with van der Waals surface area (Å²) in [6.45, 7) is 19.4. The smallest absolute Gasteiger partial charge is 0.338 e. The van der Waals surface area contributed by atoms with E-state index in [0.29, 0.717) is 33.7 Å². The third kappa shape index (κ3) is 4.43. The van der Waals surface area contributed by atoms with E-state index in [4.69, 9.17) is 16.2 Å². The number of carbonyl (C=O) groups is 1. The molecular weight excluding hydrogens is 492 g/mol. The number of hydrogen-bond acceptors (Lipinski definition) is 4. The Hall–Kier alpha value is -2.23. The molecule has 0 bridgehead atoms. The van der Waals surface area contributed by atoms with E-state index in [-0.39, 0.29) is 22.9 Å². The molecule has 1 aromatic carbocycles. The van der Waals surface area contributed by atoms with Crippen molar-refractivity contribution in [3.05, 3.63) is 47.1 Å². The maximum absolute atomic E-state index is 13.2. The van der Waals surface area contributed by atoms with Crippen LogP contribution in [-0.4, -0.2) is 12.1 Å². The van der Waals surface area contributed by atoms with Crippen LogP contribution in [0.2, 0.25) is 0 Å². The topological polar surface area (TPSA) is 78.3 Å². The van der Waals surface area contributed by atoms with Gasteiger partial charge in [0.25, 0.3) is 0 Å². The van der Waals surface area contributed by atoms with Crippen LogP contribution in [0.25, 0.3) is 0 Å². The Morgan fingerprint density at radius 3 is 2.25 bits per heavy atom. The molecule has 4 aliphatic carbocycles. The van der Waals surface area contributed by atoms with Crippen molar-refractivity contribution in [3.63, 3.8) is 0 Å². The fourth-order valence-electron chi connectivity index (χ4n) is 10.5. The van der Waals surface area contributed by atoms with Gasteiger partial charge >= 0.3 is 5.97 Å². The predicted octanol–water partition coefficient (Wildman–Crippen LogP) is 8.97. The number of esters is 1. The van der Waals surface area contributed by atoms with Gasteiger partial charge in [0, 0.05) is 16.8 Å². The van der Waals surface area contributed by atoms with Crippen LogP contribution in [-0.2, 0) is 4.74 Å². The van der Waals surface area contributed by atoms with E-state index >= 15 is 0 Å². The fourth-order valence-corrected chi connectivity index (χ4v) is 10.5. The molecule has 0 aromatic heterocycles. The molecule has 4 nitrogen and oxygen atoms in total. The van der Waals surface area contributed by atoms with Crippen molar-refractivity contribution >= 4 is 17.3 Å². The second kappa shape index (κ2) is 9.95. The Morgan fingerprint density at radius 2 is 1.60 bits per heavy atom. The molecule has 0 radical (unpaired) electrons. The molecule has 0 aliphatic heterocycles. The lowest BCUT2D eigenvalue weighted by atomic mass is 9.40. The summed E-state index contributed by atoms with van der Waals surface area (Å²) in [5.41, 5.74) is 17.0. The molecule has 8 atom stereocenters. The van der Waals surface area contributed by atoms with Crippen LogP contribution in [0.5, 0.6) is 0 Å². The lowest BCUT2D eigenvalue weighted by Crippen LogP contribution is -2.58. The lowest BCUT2D eigenvalue weighted by Gasteiger charge is -2.64. The van der Waals surface area contributed by atoms with Gasteiger partial charge in [-0.25, -0.2) is 4.79 Å². The number of anilines is 2. The number of fused-ring (bicyclic) bond motifs is 5. The van der Waals surface area contributed by atoms with Crippen LogP contribution in [0.1, 0.15) is 117 Å². The van der Waals surface area contributed by atoms with E-state index in [1.807, 2.05) is 0 Å². The minimum Gasteiger partial charge on any atom is -0.458 e. The third-order valence-electron chi connectivity index (χ3n) is 12.9. The molecule has 220 valence electrons. The van der Waals surface area contributed by atoms with Crippen molar-refractivity contribution < 1.29 is 9.53 Å². The highest BCUT2D eigenvalue weighted by Crippen LogP contribution is 2.73. The van der Waals surface area contributed by atoms with Crippen molar-refractivity contribution in [2.24, 2.45) is 45.3 Å². The lowest BCUT2D eigenvalue weighted by molar-refractivity contribution is -0.124. The molecule has 1 aromatic rings. The first-order valence-electron chi connectivity index (χ1n) is 15.8. The standard InChI is InChI=1S/C36H54N2O2/c1-22(2)9-10-23(3)27-13-17-36(8)29-11-12-30-33(4,5)31(40-32(39)24-19-25(37)21-26(38)20-24)15-16-34(30,6)28(29)14-18-35(27,36)7/h9,12,19-21,23,27-29,31H,10-11,13-18,37-38H2,1-8H3.